The number of benzene rings is 2. The summed E-state index contributed by atoms with van der Waals surface area (Å²) in [6, 6.07) is 7.64. The molecule has 2 aliphatic rings. The Morgan fingerprint density at radius 3 is 2.75 bits per heavy atom. The Bertz CT molecular complexity index is 1050. The number of carboxylic acid groups (broad SMARTS) is 1. The van der Waals surface area contributed by atoms with Crippen molar-refractivity contribution < 1.29 is 23.1 Å². The van der Waals surface area contributed by atoms with E-state index < -0.39 is 16.0 Å². The topological polar surface area (TPSA) is 105 Å². The fourth-order valence-electron chi connectivity index (χ4n) is 2.71. The molecule has 1 N–H and O–H groups in total. The van der Waals surface area contributed by atoms with Crippen LogP contribution in [0.1, 0.15) is 15.9 Å². The van der Waals surface area contributed by atoms with E-state index in [1.807, 2.05) is 0 Å². The zero-order chi connectivity index (χ0) is 16.9. The number of hydrogen-bond acceptors (Lipinski definition) is 5. The number of fused-ring (bicyclic) bond motifs is 4. The van der Waals surface area contributed by atoms with Gasteiger partial charge < -0.3 is 9.84 Å². The molecule has 8 heteroatoms. The summed E-state index contributed by atoms with van der Waals surface area (Å²) >= 11 is 0. The van der Waals surface area contributed by atoms with Crippen LogP contribution >= 0.6 is 0 Å². The SMILES string of the molecule is O=C(O)c1ccc2c(c1)-c1cc3c(cc1OC2)N=CC=NS3(=O)=O. The Morgan fingerprint density at radius 2 is 1.96 bits per heavy atom. The second-order valence-electron chi connectivity index (χ2n) is 5.29. The van der Waals surface area contributed by atoms with E-state index in [0.717, 1.165) is 11.8 Å². The predicted octanol–water partition coefficient (Wildman–Crippen LogP) is 2.42. The number of sulfonamides is 1. The molecule has 0 spiro atoms. The molecule has 0 saturated carbocycles. The third-order valence-corrected chi connectivity index (χ3v) is 5.13. The van der Waals surface area contributed by atoms with Crippen molar-refractivity contribution in [1.29, 1.82) is 0 Å². The first kappa shape index (κ1) is 14.6. The van der Waals surface area contributed by atoms with Crippen LogP contribution in [0.4, 0.5) is 5.69 Å². The Hall–Kier alpha value is -3.00. The molecule has 24 heavy (non-hydrogen) atoms. The van der Waals surface area contributed by atoms with Gasteiger partial charge in [-0.15, -0.1) is 0 Å². The van der Waals surface area contributed by atoms with Crippen molar-refractivity contribution in [2.24, 2.45) is 9.39 Å². The van der Waals surface area contributed by atoms with E-state index in [-0.39, 0.29) is 22.8 Å². The Labute approximate surface area is 137 Å². The van der Waals surface area contributed by atoms with Crippen molar-refractivity contribution in [3.8, 4) is 16.9 Å². The standard InChI is InChI=1S/C16H10N2O5S/c19-16(20)9-1-2-10-8-23-14-7-13-15(6-12(14)11(10)5-9)24(21,22)18-4-3-17-13/h1-7H,8H2,(H,19,20). The molecule has 2 aromatic carbocycles. The minimum atomic E-state index is -3.87. The van der Waals surface area contributed by atoms with E-state index in [1.54, 1.807) is 6.07 Å². The van der Waals surface area contributed by atoms with Crippen LogP contribution in [-0.2, 0) is 16.6 Å². The number of carbonyl (C=O) groups is 1. The summed E-state index contributed by atoms with van der Waals surface area (Å²) in [6.07, 6.45) is 2.42. The second kappa shape index (κ2) is 5.00. The summed E-state index contributed by atoms with van der Waals surface area (Å²) in [7, 11) is -3.87. The zero-order valence-electron chi connectivity index (χ0n) is 12.1. The van der Waals surface area contributed by atoms with Crippen molar-refractivity contribution in [3.05, 3.63) is 41.5 Å². The molecular formula is C16H10N2O5S. The van der Waals surface area contributed by atoms with Crippen LogP contribution in [0.25, 0.3) is 11.1 Å². The van der Waals surface area contributed by atoms with Crippen LogP contribution in [-0.4, -0.2) is 31.9 Å². The van der Waals surface area contributed by atoms with Crippen LogP contribution in [0.3, 0.4) is 0 Å². The van der Waals surface area contributed by atoms with Crippen LogP contribution in [0, 0.1) is 0 Å². The fraction of sp³-hybridized carbons (Fsp3) is 0.0625. The van der Waals surface area contributed by atoms with E-state index in [1.165, 1.54) is 30.5 Å². The molecule has 0 saturated heterocycles. The zero-order valence-corrected chi connectivity index (χ0v) is 12.9. The van der Waals surface area contributed by atoms with Crippen molar-refractivity contribution in [2.75, 3.05) is 0 Å². The van der Waals surface area contributed by atoms with Gasteiger partial charge in [0.25, 0.3) is 10.0 Å². The van der Waals surface area contributed by atoms with E-state index in [4.69, 9.17) is 4.74 Å². The molecule has 0 radical (unpaired) electrons. The first-order valence-electron chi connectivity index (χ1n) is 6.96. The molecule has 0 unspecified atom stereocenters. The smallest absolute Gasteiger partial charge is 0.335 e. The summed E-state index contributed by atoms with van der Waals surface area (Å²) in [6.45, 7) is 0.272. The van der Waals surface area contributed by atoms with E-state index in [9.17, 15) is 18.3 Å². The average molecular weight is 342 g/mol. The Kier molecular flexibility index (Phi) is 3.04. The first-order chi connectivity index (χ1) is 11.5. The average Bonchev–Trinajstić information content (AvgIpc) is 2.71. The maximum absolute atomic E-state index is 12.3. The lowest BCUT2D eigenvalue weighted by molar-refractivity contribution is 0.0697. The maximum atomic E-state index is 12.3. The van der Waals surface area contributed by atoms with Gasteiger partial charge in [0.1, 0.15) is 17.3 Å². The fourth-order valence-corrected chi connectivity index (χ4v) is 3.68. The molecule has 2 aliphatic heterocycles. The lowest BCUT2D eigenvalue weighted by Crippen LogP contribution is -2.08. The van der Waals surface area contributed by atoms with Crippen LogP contribution in [0.5, 0.6) is 5.75 Å². The maximum Gasteiger partial charge on any atom is 0.335 e. The van der Waals surface area contributed by atoms with Crippen LogP contribution in [0.2, 0.25) is 0 Å². The van der Waals surface area contributed by atoms with Gasteiger partial charge in [0, 0.05) is 17.8 Å². The second-order valence-corrected chi connectivity index (χ2v) is 6.89. The quantitative estimate of drug-likeness (QED) is 0.857. The third-order valence-electron chi connectivity index (χ3n) is 3.85. The summed E-state index contributed by atoms with van der Waals surface area (Å²) in [5.74, 6) is -0.597. The third kappa shape index (κ3) is 2.19. The van der Waals surface area contributed by atoms with Crippen molar-refractivity contribution in [2.45, 2.75) is 11.5 Å². The van der Waals surface area contributed by atoms with E-state index in [2.05, 4.69) is 9.39 Å². The van der Waals surface area contributed by atoms with Gasteiger partial charge in [0.15, 0.2) is 0 Å². The molecule has 2 heterocycles. The highest BCUT2D eigenvalue weighted by molar-refractivity contribution is 7.90. The normalized spacial score (nSPS) is 16.3. The van der Waals surface area contributed by atoms with Gasteiger partial charge in [-0.25, -0.2) is 4.79 Å². The molecule has 4 rings (SSSR count). The summed E-state index contributed by atoms with van der Waals surface area (Å²) in [4.78, 5) is 15.2. The largest absolute Gasteiger partial charge is 0.488 e. The molecule has 7 nitrogen and oxygen atoms in total. The molecule has 0 bridgehead atoms. The van der Waals surface area contributed by atoms with Crippen LogP contribution < -0.4 is 4.74 Å². The lowest BCUT2D eigenvalue weighted by atomic mass is 9.94. The van der Waals surface area contributed by atoms with Crippen LogP contribution in [0.15, 0.2) is 44.6 Å². The van der Waals surface area contributed by atoms with Gasteiger partial charge >= 0.3 is 5.97 Å². The Morgan fingerprint density at radius 1 is 1.12 bits per heavy atom. The highest BCUT2D eigenvalue weighted by Crippen LogP contribution is 2.43. The number of rotatable bonds is 1. The molecule has 2 aromatic rings. The Balaban J connectivity index is 2.00. The van der Waals surface area contributed by atoms with Gasteiger partial charge in [-0.05, 0) is 29.3 Å². The molecule has 0 atom stereocenters. The molecule has 0 aromatic heterocycles. The highest BCUT2D eigenvalue weighted by atomic mass is 32.2. The molecule has 0 amide bonds. The van der Waals surface area contributed by atoms with E-state index in [0.29, 0.717) is 16.9 Å². The first-order valence-corrected chi connectivity index (χ1v) is 8.40. The number of aliphatic imine (C=N–C) groups is 1. The molecule has 0 aliphatic carbocycles. The minimum absolute atomic E-state index is 0.0385. The van der Waals surface area contributed by atoms with Crippen molar-refractivity contribution >= 4 is 34.1 Å². The van der Waals surface area contributed by atoms with Gasteiger partial charge in [-0.2, -0.15) is 12.8 Å². The monoisotopic (exact) mass is 342 g/mol. The number of aromatic carboxylic acids is 1. The molecule has 120 valence electrons. The van der Waals surface area contributed by atoms with E-state index >= 15 is 0 Å². The summed E-state index contributed by atoms with van der Waals surface area (Å²) in [5.41, 5.74) is 2.28. The highest BCUT2D eigenvalue weighted by Gasteiger charge is 2.26. The number of ether oxygens (including phenoxy) is 1. The molecular weight excluding hydrogens is 332 g/mol. The number of carboxylic acids is 1. The number of nitrogens with zero attached hydrogens (tertiary/aromatic N) is 2. The van der Waals surface area contributed by atoms with Gasteiger partial charge in [0.05, 0.1) is 17.5 Å². The van der Waals surface area contributed by atoms with Gasteiger partial charge in [0.2, 0.25) is 0 Å². The number of hydrogen-bond donors (Lipinski definition) is 1. The van der Waals surface area contributed by atoms with Gasteiger partial charge in [-0.3, -0.25) is 4.99 Å². The predicted molar refractivity (Wildman–Crippen MR) is 87.0 cm³/mol. The van der Waals surface area contributed by atoms with Crippen molar-refractivity contribution in [1.82, 2.24) is 0 Å². The van der Waals surface area contributed by atoms with Gasteiger partial charge in [-0.1, -0.05) is 6.07 Å². The lowest BCUT2D eigenvalue weighted by Gasteiger charge is -2.22. The summed E-state index contributed by atoms with van der Waals surface area (Å²) < 4.78 is 33.7. The minimum Gasteiger partial charge on any atom is -0.488 e. The molecule has 0 fully saturated rings. The van der Waals surface area contributed by atoms with Crippen molar-refractivity contribution in [3.63, 3.8) is 0 Å². The summed E-state index contributed by atoms with van der Waals surface area (Å²) in [5, 5.41) is 9.18.